The van der Waals surface area contributed by atoms with Crippen LogP contribution < -0.4 is 23.7 Å². The molecule has 11 rings (SSSR count). The number of hydrogen-bond donors (Lipinski definition) is 8. The molecule has 20 nitrogen and oxygen atoms in total. The Hall–Kier alpha value is -10.2. The number of nitriles is 2. The van der Waals surface area contributed by atoms with Gasteiger partial charge in [0.25, 0.3) is 0 Å². The van der Waals surface area contributed by atoms with Gasteiger partial charge in [-0.2, -0.15) is 10.5 Å². The van der Waals surface area contributed by atoms with E-state index in [1.54, 1.807) is 59.4 Å². The molecule has 0 radical (unpaired) electrons. The minimum absolute atomic E-state index is 0.0752. The molecule has 0 bridgehead atoms. The fourth-order valence-electron chi connectivity index (χ4n) is 14.5. The Kier molecular flexibility index (Phi) is 39.7. The number of fused-ring (bicyclic) bond motifs is 6. The molecule has 0 amide bonds. The van der Waals surface area contributed by atoms with Crippen molar-refractivity contribution in [2.24, 2.45) is 17.8 Å². The molecule has 6 aromatic rings. The number of esters is 1. The first-order chi connectivity index (χ1) is 55.3. The zero-order valence-electron chi connectivity index (χ0n) is 73.2. The number of unbranched alkanes of at least 4 members (excludes halogenated alkanes) is 2. The Labute approximate surface area is 709 Å². The molecule has 0 fully saturated rings. The van der Waals surface area contributed by atoms with Gasteiger partial charge in [0.15, 0.2) is 0 Å². The van der Waals surface area contributed by atoms with E-state index in [1.165, 1.54) is 48.6 Å². The summed E-state index contributed by atoms with van der Waals surface area (Å²) in [5.41, 5.74) is 12.1. The molecule has 5 aliphatic rings. The van der Waals surface area contributed by atoms with E-state index in [0.29, 0.717) is 59.2 Å². The Morgan fingerprint density at radius 1 is 0.568 bits per heavy atom. The second kappa shape index (κ2) is 46.8. The molecule has 0 saturated carbocycles. The predicted molar refractivity (Wildman–Crippen MR) is 469 cm³/mol. The summed E-state index contributed by atoms with van der Waals surface area (Å²) in [7, 11) is 4.84. The quantitative estimate of drug-likeness (QED) is 0.0162. The van der Waals surface area contributed by atoms with Gasteiger partial charge in [0.2, 0.25) is 0 Å². The van der Waals surface area contributed by atoms with Gasteiger partial charge in [-0.15, -0.1) is 0 Å². The molecular formula is C97H129BrN2O18. The summed E-state index contributed by atoms with van der Waals surface area (Å²) < 4.78 is 33.1. The summed E-state index contributed by atoms with van der Waals surface area (Å²) in [5, 5.41) is 94.2. The lowest BCUT2D eigenvalue weighted by molar-refractivity contribution is -0.145. The molecule has 8 N–H and O–H groups in total. The van der Waals surface area contributed by atoms with E-state index in [4.69, 9.17) is 59.4 Å². The molecule has 0 saturated heterocycles. The van der Waals surface area contributed by atoms with Gasteiger partial charge in [0.1, 0.15) is 62.9 Å². The van der Waals surface area contributed by atoms with Crippen molar-refractivity contribution in [3.63, 3.8) is 0 Å². The number of aryl methyl sites for hydroxylation is 3. The first kappa shape index (κ1) is 100. The van der Waals surface area contributed by atoms with E-state index < -0.39 is 47.2 Å². The average Bonchev–Trinajstić information content (AvgIpc) is 0.745. The van der Waals surface area contributed by atoms with E-state index in [-0.39, 0.29) is 57.9 Å². The van der Waals surface area contributed by atoms with Gasteiger partial charge in [0, 0.05) is 46.2 Å². The lowest BCUT2D eigenvalue weighted by Crippen LogP contribution is -2.45. The van der Waals surface area contributed by atoms with Crippen LogP contribution >= 0.6 is 15.9 Å². The number of carboxylic acids is 3. The van der Waals surface area contributed by atoms with Crippen molar-refractivity contribution in [3.8, 4) is 63.9 Å². The van der Waals surface area contributed by atoms with Gasteiger partial charge in [-0.3, -0.25) is 19.2 Å². The highest BCUT2D eigenvalue weighted by Gasteiger charge is 2.48. The van der Waals surface area contributed by atoms with Crippen LogP contribution in [0.3, 0.4) is 0 Å². The standard InChI is InChI=1S/C23H32O4.C19H24O4.C11H13NO.C11H14O3.C10H11NO.C10H16O.C9H10O4.C4H9Br/c1-6-7-10-26-22(25)15(3)16-12-19(24)21-17-11-14(2)8-9-18(17)23(4,5)27-20(21)13-16;1-10-5-6-14-13(7-10)17-15(20)8-12(11(2)18(21)22)9-16(17)23-19(14,3)4;1-8-4-10(9(2)7-12)6-11(5-8)13-3;1-7-4-9(8(2)11(12)13)6-10(5-7)14-3;1-8-5-9(3-4-11)7-10(6-8)12-2;1-8(2)9-4-6-10(3,11)7-5-9;1-5(9(12)13)6-2-7(10)4-8(11)3-6;1-2-3-4-5/h8,12-13,15,17-18,24H,6-7,9-11H2,1-5H3;5,8-9,11,13-14,20H,6-7H2,1-4H3,(H,21,22);4-6,9H,1-3H3;4-6,8H,1-3H3,(H,12,13);5-7H,3H2,1-2H3;4,6,9,11H,1,5,7H2,2-3H3;2-5,10-11H,1H3,(H,12,13);2-4H2,1H3/t15?,17-,18-;11?,13-,14-;;;;9-,10+;;/m11...0../s1. The summed E-state index contributed by atoms with van der Waals surface area (Å²) in [6, 6.07) is 32.3. The molecule has 11 atom stereocenters. The monoisotopic (exact) mass is 1690 g/mol. The van der Waals surface area contributed by atoms with Crippen LogP contribution in [0.4, 0.5) is 0 Å². The van der Waals surface area contributed by atoms with Gasteiger partial charge in [0.05, 0.1) is 81.7 Å². The third-order valence-electron chi connectivity index (χ3n) is 21.9. The number of aliphatic carboxylic acids is 3. The van der Waals surface area contributed by atoms with Crippen LogP contribution in [0.25, 0.3) is 0 Å². The smallest absolute Gasteiger partial charge is 0.313 e. The Morgan fingerprint density at radius 2 is 0.975 bits per heavy atom. The van der Waals surface area contributed by atoms with Crippen LogP contribution in [0.2, 0.25) is 0 Å². The number of aliphatic hydroxyl groups is 1. The number of allylic oxidation sites excluding steroid dienone is 6. The number of alkyl halides is 1. The molecule has 118 heavy (non-hydrogen) atoms. The van der Waals surface area contributed by atoms with Crippen molar-refractivity contribution in [3.05, 3.63) is 206 Å². The second-order valence-electron chi connectivity index (χ2n) is 32.8. The van der Waals surface area contributed by atoms with E-state index in [0.717, 1.165) is 124 Å². The number of benzene rings is 6. The third kappa shape index (κ3) is 30.3. The number of ether oxygens (including phenoxy) is 6. The number of nitrogens with zero attached hydrogens (tertiary/aromatic N) is 2. The fourth-order valence-corrected chi connectivity index (χ4v) is 15.1. The molecular weight excluding hydrogens is 1560 g/mol. The first-order valence-corrected chi connectivity index (χ1v) is 41.6. The number of halogens is 1. The number of hydrogen-bond acceptors (Lipinski definition) is 17. The zero-order valence-corrected chi connectivity index (χ0v) is 74.7. The van der Waals surface area contributed by atoms with E-state index in [1.807, 2.05) is 109 Å². The predicted octanol–water partition coefficient (Wildman–Crippen LogP) is 22.3. The van der Waals surface area contributed by atoms with Gasteiger partial charge in [-0.25, -0.2) is 0 Å². The number of carbonyl (C=O) groups excluding carboxylic acids is 1. The topological polar surface area (TPSA) is 333 Å². The van der Waals surface area contributed by atoms with Crippen molar-refractivity contribution >= 4 is 39.8 Å². The van der Waals surface area contributed by atoms with E-state index in [9.17, 15) is 39.6 Å². The summed E-state index contributed by atoms with van der Waals surface area (Å²) >= 11 is 3.31. The molecule has 2 heterocycles. The number of aromatic hydroxyl groups is 4. The van der Waals surface area contributed by atoms with Crippen molar-refractivity contribution < 1.29 is 88.5 Å². The van der Waals surface area contributed by atoms with Crippen LogP contribution in [0.15, 0.2) is 145 Å². The Bertz CT molecular complexity index is 4530. The SMILES string of the molecule is C=C(C)[C@H]1C=C[C@@](C)(O)CC1.CC(C(=O)O)c1cc(O)cc(O)c1.CC1=CC[C@@H]2[C@@H](C1)c1c(O)cc(C(C)C(=O)O)cc1OC2(C)C.CCCCBr.CCCCOC(=O)C(C)c1cc(O)c2c(c1)OC(C)(C)[C@@H]1CC=C(C)C[C@@H]21.COc1cc(C)cc(C(C)C#N)c1.COc1cc(C)cc(C(C)C(=O)O)c1.COc1cc(C)cc(CC#N)c1. The number of carboxylic acid groups (broad SMARTS) is 3. The van der Waals surface area contributed by atoms with Crippen molar-refractivity contribution in [2.45, 2.75) is 253 Å². The summed E-state index contributed by atoms with van der Waals surface area (Å²) in [6.07, 6.45) is 19.0. The van der Waals surface area contributed by atoms with E-state index in [2.05, 4.69) is 108 Å². The summed E-state index contributed by atoms with van der Waals surface area (Å²) in [4.78, 5) is 44.9. The highest BCUT2D eigenvalue weighted by molar-refractivity contribution is 9.09. The van der Waals surface area contributed by atoms with Gasteiger partial charge in [-0.05, 0) is 291 Å². The second-order valence-corrected chi connectivity index (χ2v) is 33.6. The van der Waals surface area contributed by atoms with Crippen molar-refractivity contribution in [2.75, 3.05) is 33.3 Å². The molecule has 0 aromatic heterocycles. The summed E-state index contributed by atoms with van der Waals surface area (Å²) in [5.74, 6) is -0.0168. The molecule has 0 spiro atoms. The zero-order chi connectivity index (χ0) is 88.9. The number of rotatable bonds is 19. The first-order valence-electron chi connectivity index (χ1n) is 40.5. The van der Waals surface area contributed by atoms with Crippen molar-refractivity contribution in [1.82, 2.24) is 0 Å². The molecule has 6 aromatic carbocycles. The fraction of sp³-hybridized carbons (Fsp3) is 0.485. The van der Waals surface area contributed by atoms with E-state index >= 15 is 0 Å². The van der Waals surface area contributed by atoms with Crippen LogP contribution in [-0.2, 0) is 30.3 Å². The maximum absolute atomic E-state index is 12.3. The highest BCUT2D eigenvalue weighted by Crippen LogP contribution is 2.56. The average molecular weight is 1690 g/mol. The maximum atomic E-state index is 12.3. The third-order valence-corrected chi connectivity index (χ3v) is 22.5. The maximum Gasteiger partial charge on any atom is 0.313 e. The molecule has 3 aliphatic carbocycles. The van der Waals surface area contributed by atoms with Crippen LogP contribution in [0.5, 0.6) is 51.7 Å². The van der Waals surface area contributed by atoms with Crippen LogP contribution in [0, 0.1) is 61.2 Å². The normalized spacial score (nSPS) is 19.5. The van der Waals surface area contributed by atoms with Crippen LogP contribution in [-0.4, -0.2) is 115 Å². The highest BCUT2D eigenvalue weighted by atomic mass is 79.9. The molecule has 642 valence electrons. The minimum Gasteiger partial charge on any atom is -0.508 e. The lowest BCUT2D eigenvalue weighted by atomic mass is 9.67. The summed E-state index contributed by atoms with van der Waals surface area (Å²) in [6.45, 7) is 39.5. The Balaban J connectivity index is 0.000000294. The molecule has 2 aliphatic heterocycles. The van der Waals surface area contributed by atoms with Gasteiger partial charge < -0.3 is 69.3 Å². The van der Waals surface area contributed by atoms with Crippen LogP contribution in [0.1, 0.15) is 271 Å². The Morgan fingerprint density at radius 3 is 1.36 bits per heavy atom. The minimum atomic E-state index is -0.995. The number of phenols is 4. The molecule has 5 unspecified atom stereocenters. The lowest BCUT2D eigenvalue weighted by Gasteiger charge is -2.47. The number of phenolic OH excluding ortho intramolecular Hbond substituents is 4. The largest absolute Gasteiger partial charge is 0.508 e. The van der Waals surface area contributed by atoms with Gasteiger partial charge >= 0.3 is 23.9 Å². The number of carbonyl (C=O) groups is 4. The van der Waals surface area contributed by atoms with Gasteiger partial charge in [-0.1, -0.05) is 108 Å². The van der Waals surface area contributed by atoms with Crippen molar-refractivity contribution in [1.29, 1.82) is 10.5 Å². The number of methoxy groups -OCH3 is 3. The molecule has 21 heteroatoms.